The lowest BCUT2D eigenvalue weighted by Gasteiger charge is -2.11. The van der Waals surface area contributed by atoms with Crippen LogP contribution < -0.4 is 5.14 Å². The van der Waals surface area contributed by atoms with Gasteiger partial charge >= 0.3 is 0 Å². The van der Waals surface area contributed by atoms with Gasteiger partial charge in [0.25, 0.3) is 0 Å². The van der Waals surface area contributed by atoms with Gasteiger partial charge in [-0.25, -0.2) is 13.6 Å². The number of aromatic nitrogens is 6. The van der Waals surface area contributed by atoms with E-state index in [-0.39, 0.29) is 16.3 Å². The molecule has 3 N–H and O–H groups in total. The van der Waals surface area contributed by atoms with E-state index in [1.54, 1.807) is 36.1 Å². The van der Waals surface area contributed by atoms with Gasteiger partial charge in [0.2, 0.25) is 15.8 Å². The van der Waals surface area contributed by atoms with Gasteiger partial charge in [-0.05, 0) is 17.3 Å². The molecule has 0 fully saturated rings. The summed E-state index contributed by atoms with van der Waals surface area (Å²) in [6, 6.07) is 6.51. The molecule has 3 aromatic rings. The predicted molar refractivity (Wildman–Crippen MR) is 73.2 cm³/mol. The molecule has 2 heterocycles. The van der Waals surface area contributed by atoms with Gasteiger partial charge in [0.15, 0.2) is 0 Å². The van der Waals surface area contributed by atoms with Gasteiger partial charge in [0.05, 0.1) is 16.2 Å². The SMILES string of the molecule is Cn1nccc1-c1cccc(S(N)(=O)=O)c1-c1nn[nH]n1. The molecule has 0 bridgehead atoms. The fourth-order valence-corrected chi connectivity index (χ4v) is 2.87. The highest BCUT2D eigenvalue weighted by Gasteiger charge is 2.23. The van der Waals surface area contributed by atoms with Crippen LogP contribution in [0.3, 0.4) is 0 Å². The van der Waals surface area contributed by atoms with Gasteiger partial charge in [0.1, 0.15) is 0 Å². The van der Waals surface area contributed by atoms with Crippen molar-refractivity contribution in [2.75, 3.05) is 0 Å². The van der Waals surface area contributed by atoms with Crippen LogP contribution in [0.1, 0.15) is 0 Å². The summed E-state index contributed by atoms with van der Waals surface area (Å²) in [5, 5.41) is 22.9. The van der Waals surface area contributed by atoms with Crippen LogP contribution in [-0.4, -0.2) is 38.8 Å². The molecule has 21 heavy (non-hydrogen) atoms. The van der Waals surface area contributed by atoms with Crippen LogP contribution in [0.2, 0.25) is 0 Å². The Labute approximate surface area is 119 Å². The lowest BCUT2D eigenvalue weighted by Crippen LogP contribution is -2.14. The van der Waals surface area contributed by atoms with Crippen LogP contribution in [0.4, 0.5) is 0 Å². The zero-order valence-corrected chi connectivity index (χ0v) is 11.7. The van der Waals surface area contributed by atoms with Crippen LogP contribution in [0.5, 0.6) is 0 Å². The lowest BCUT2D eigenvalue weighted by molar-refractivity contribution is 0.598. The van der Waals surface area contributed by atoms with Crippen LogP contribution >= 0.6 is 0 Å². The Balaban J connectivity index is 2.39. The molecular weight excluding hydrogens is 294 g/mol. The largest absolute Gasteiger partial charge is 0.268 e. The Hall–Kier alpha value is -2.59. The van der Waals surface area contributed by atoms with Crippen molar-refractivity contribution < 1.29 is 8.42 Å². The summed E-state index contributed by atoms with van der Waals surface area (Å²) in [5.41, 5.74) is 1.60. The first-order chi connectivity index (χ1) is 9.98. The minimum atomic E-state index is -3.94. The predicted octanol–water partition coefficient (Wildman–Crippen LogP) is -0.0854. The van der Waals surface area contributed by atoms with Crippen molar-refractivity contribution in [1.29, 1.82) is 0 Å². The van der Waals surface area contributed by atoms with E-state index in [9.17, 15) is 8.42 Å². The first kappa shape index (κ1) is 13.4. The summed E-state index contributed by atoms with van der Waals surface area (Å²) in [5.74, 6) is 0.149. The molecule has 2 aromatic heterocycles. The maximum atomic E-state index is 11.8. The number of nitrogens with zero attached hydrogens (tertiary/aromatic N) is 5. The second-order valence-electron chi connectivity index (χ2n) is 4.30. The van der Waals surface area contributed by atoms with Gasteiger partial charge in [0, 0.05) is 18.8 Å². The molecule has 0 amide bonds. The zero-order valence-electron chi connectivity index (χ0n) is 10.9. The summed E-state index contributed by atoms with van der Waals surface area (Å²) < 4.78 is 25.3. The van der Waals surface area contributed by atoms with Crippen molar-refractivity contribution in [2.24, 2.45) is 12.2 Å². The minimum Gasteiger partial charge on any atom is -0.268 e. The van der Waals surface area contributed by atoms with E-state index in [0.717, 1.165) is 0 Å². The number of hydrogen-bond acceptors (Lipinski definition) is 6. The van der Waals surface area contributed by atoms with E-state index in [1.165, 1.54) is 6.07 Å². The van der Waals surface area contributed by atoms with Crippen molar-refractivity contribution in [3.63, 3.8) is 0 Å². The third-order valence-electron chi connectivity index (χ3n) is 3.00. The third-order valence-corrected chi connectivity index (χ3v) is 3.95. The van der Waals surface area contributed by atoms with Gasteiger partial charge in [-0.1, -0.05) is 12.1 Å². The molecular formula is C11H11N7O2S. The number of rotatable bonds is 3. The topological polar surface area (TPSA) is 132 Å². The van der Waals surface area contributed by atoms with Gasteiger partial charge in [-0.15, -0.1) is 10.2 Å². The third kappa shape index (κ3) is 2.30. The number of tetrazole rings is 1. The van der Waals surface area contributed by atoms with E-state index in [4.69, 9.17) is 5.14 Å². The molecule has 0 spiro atoms. The van der Waals surface area contributed by atoms with Crippen molar-refractivity contribution in [3.05, 3.63) is 30.5 Å². The second kappa shape index (κ2) is 4.75. The number of hydrogen-bond donors (Lipinski definition) is 2. The van der Waals surface area contributed by atoms with Crippen LogP contribution in [-0.2, 0) is 17.1 Å². The number of aromatic amines is 1. The quantitative estimate of drug-likeness (QED) is 0.695. The molecule has 108 valence electrons. The first-order valence-corrected chi connectivity index (χ1v) is 7.41. The molecule has 0 radical (unpaired) electrons. The highest BCUT2D eigenvalue weighted by atomic mass is 32.2. The van der Waals surface area contributed by atoms with Crippen molar-refractivity contribution in [3.8, 4) is 22.6 Å². The maximum Gasteiger partial charge on any atom is 0.238 e. The van der Waals surface area contributed by atoms with Crippen LogP contribution in [0.25, 0.3) is 22.6 Å². The molecule has 0 atom stereocenters. The smallest absolute Gasteiger partial charge is 0.238 e. The molecule has 0 aliphatic heterocycles. The fraction of sp³-hybridized carbons (Fsp3) is 0.0909. The van der Waals surface area contributed by atoms with E-state index >= 15 is 0 Å². The van der Waals surface area contributed by atoms with Crippen LogP contribution in [0.15, 0.2) is 35.4 Å². The number of aryl methyl sites for hydroxylation is 1. The summed E-state index contributed by atoms with van der Waals surface area (Å²) >= 11 is 0. The number of primary sulfonamides is 1. The second-order valence-corrected chi connectivity index (χ2v) is 5.83. The monoisotopic (exact) mass is 305 g/mol. The van der Waals surface area contributed by atoms with Crippen LogP contribution in [0, 0.1) is 0 Å². The highest BCUT2D eigenvalue weighted by Crippen LogP contribution is 2.34. The normalized spacial score (nSPS) is 11.7. The summed E-state index contributed by atoms with van der Waals surface area (Å²) in [7, 11) is -2.19. The Kier molecular flexibility index (Phi) is 3.03. The lowest BCUT2D eigenvalue weighted by atomic mass is 10.0. The molecule has 0 saturated heterocycles. The van der Waals surface area contributed by atoms with Gasteiger partial charge < -0.3 is 0 Å². The van der Waals surface area contributed by atoms with Crippen molar-refractivity contribution in [2.45, 2.75) is 4.90 Å². The Bertz CT molecular complexity index is 883. The molecule has 10 heteroatoms. The summed E-state index contributed by atoms with van der Waals surface area (Å²) in [6.07, 6.45) is 1.61. The molecule has 0 aliphatic carbocycles. The number of H-pyrrole nitrogens is 1. The molecule has 0 unspecified atom stereocenters. The average molecular weight is 305 g/mol. The Morgan fingerprint density at radius 2 is 2.10 bits per heavy atom. The van der Waals surface area contributed by atoms with E-state index in [0.29, 0.717) is 11.3 Å². The van der Waals surface area contributed by atoms with Gasteiger partial charge in [-0.3, -0.25) is 4.68 Å². The molecule has 1 aromatic carbocycles. The van der Waals surface area contributed by atoms with Crippen molar-refractivity contribution >= 4 is 10.0 Å². The summed E-state index contributed by atoms with van der Waals surface area (Å²) in [6.45, 7) is 0. The zero-order chi connectivity index (χ0) is 15.0. The number of nitrogens with two attached hydrogens (primary N) is 1. The highest BCUT2D eigenvalue weighted by molar-refractivity contribution is 7.89. The van der Waals surface area contributed by atoms with E-state index in [1.807, 2.05) is 0 Å². The maximum absolute atomic E-state index is 11.8. The molecule has 0 aliphatic rings. The molecule has 3 rings (SSSR count). The number of benzene rings is 1. The average Bonchev–Trinajstić information content (AvgIpc) is 3.07. The fourth-order valence-electron chi connectivity index (χ4n) is 2.12. The Morgan fingerprint density at radius 3 is 2.67 bits per heavy atom. The van der Waals surface area contributed by atoms with Crippen molar-refractivity contribution in [1.82, 2.24) is 30.4 Å². The Morgan fingerprint density at radius 1 is 1.29 bits per heavy atom. The number of nitrogens with one attached hydrogen (secondary N) is 1. The van der Waals surface area contributed by atoms with E-state index in [2.05, 4.69) is 25.7 Å². The molecule has 9 nitrogen and oxygen atoms in total. The minimum absolute atomic E-state index is 0.0670. The van der Waals surface area contributed by atoms with E-state index < -0.39 is 10.0 Å². The number of sulfonamides is 1. The molecule has 0 saturated carbocycles. The van der Waals surface area contributed by atoms with Gasteiger partial charge in [-0.2, -0.15) is 10.3 Å². The standard InChI is InChI=1S/C11H11N7O2S/c1-18-8(5-6-13-18)7-3-2-4-9(21(12,19)20)10(7)11-14-16-17-15-11/h2-6H,1H3,(H2,12,19,20)(H,14,15,16,17). The first-order valence-electron chi connectivity index (χ1n) is 5.86. The summed E-state index contributed by atoms with van der Waals surface area (Å²) in [4.78, 5) is -0.0670.